The largest absolute Gasteiger partial charge is 0.508 e. The highest BCUT2D eigenvalue weighted by Crippen LogP contribution is 2.28. The number of carbonyl (C=O) groups excluding carboxylic acids is 1. The lowest BCUT2D eigenvalue weighted by Crippen LogP contribution is -2.24. The molecule has 0 unspecified atom stereocenters. The molecule has 20 heavy (non-hydrogen) atoms. The number of phenolic OH excluding ortho intramolecular Hbond substituents is 1. The topological polar surface area (TPSA) is 62.2 Å². The number of hydrogen-bond acceptors (Lipinski definition) is 3. The number of nitrogens with zero attached hydrogens (tertiary/aromatic N) is 1. The molecular weight excluding hydrogens is 252 g/mol. The van der Waals surface area contributed by atoms with Crippen molar-refractivity contribution >= 4 is 5.91 Å². The molecule has 2 aromatic rings. The quantitative estimate of drug-likeness (QED) is 0.895. The first-order valence-electron chi connectivity index (χ1n) is 6.75. The first kappa shape index (κ1) is 12.7. The zero-order valence-electron chi connectivity index (χ0n) is 11.0. The van der Waals surface area contributed by atoms with E-state index < -0.39 is 0 Å². The molecule has 1 amide bonds. The highest BCUT2D eigenvalue weighted by Gasteiger charge is 2.29. The van der Waals surface area contributed by atoms with Crippen molar-refractivity contribution in [3.8, 4) is 17.0 Å². The first-order valence-corrected chi connectivity index (χ1v) is 6.75. The molecule has 1 fully saturated rings. The second-order valence-electron chi connectivity index (χ2n) is 5.06. The normalized spacial score (nSPS) is 14.0. The van der Waals surface area contributed by atoms with Gasteiger partial charge in [0.15, 0.2) is 0 Å². The van der Waals surface area contributed by atoms with Crippen LogP contribution >= 0.6 is 0 Å². The molecule has 1 aliphatic carbocycles. The van der Waals surface area contributed by atoms with Crippen molar-refractivity contribution in [3.05, 3.63) is 48.2 Å². The van der Waals surface area contributed by atoms with Gasteiger partial charge in [-0.1, -0.05) is 18.2 Å². The molecule has 0 radical (unpaired) electrons. The zero-order valence-corrected chi connectivity index (χ0v) is 11.0. The maximum Gasteiger partial charge on any atom is 0.223 e. The highest BCUT2D eigenvalue weighted by molar-refractivity contribution is 5.80. The van der Waals surface area contributed by atoms with Crippen LogP contribution in [0.1, 0.15) is 18.5 Å². The van der Waals surface area contributed by atoms with E-state index in [0.29, 0.717) is 6.54 Å². The van der Waals surface area contributed by atoms with E-state index >= 15 is 0 Å². The summed E-state index contributed by atoms with van der Waals surface area (Å²) in [6.07, 6.45) is 2.01. The Bertz CT molecular complexity index is 636. The van der Waals surface area contributed by atoms with E-state index in [-0.39, 0.29) is 17.6 Å². The predicted octanol–water partition coefficient (Wildman–Crippen LogP) is 2.48. The van der Waals surface area contributed by atoms with Crippen LogP contribution in [0.4, 0.5) is 0 Å². The van der Waals surface area contributed by atoms with Gasteiger partial charge in [-0.25, -0.2) is 0 Å². The van der Waals surface area contributed by atoms with Crippen LogP contribution in [0.5, 0.6) is 5.75 Å². The van der Waals surface area contributed by atoms with E-state index in [4.69, 9.17) is 0 Å². The van der Waals surface area contributed by atoms with Crippen LogP contribution in [0, 0.1) is 5.92 Å². The minimum atomic E-state index is 0.120. The Morgan fingerprint density at radius 1 is 1.25 bits per heavy atom. The summed E-state index contributed by atoms with van der Waals surface area (Å²) in [4.78, 5) is 16.1. The monoisotopic (exact) mass is 268 g/mol. The number of rotatable bonds is 4. The fourth-order valence-electron chi connectivity index (χ4n) is 2.07. The Kier molecular flexibility index (Phi) is 3.37. The number of aromatic nitrogens is 1. The molecule has 0 bridgehead atoms. The first-order chi connectivity index (χ1) is 9.72. The number of pyridine rings is 1. The van der Waals surface area contributed by atoms with Crippen LogP contribution < -0.4 is 5.32 Å². The summed E-state index contributed by atoms with van der Waals surface area (Å²) in [5.41, 5.74) is 2.47. The zero-order chi connectivity index (χ0) is 13.9. The molecule has 0 atom stereocenters. The Morgan fingerprint density at radius 2 is 2.05 bits per heavy atom. The van der Waals surface area contributed by atoms with Crippen molar-refractivity contribution in [1.82, 2.24) is 10.3 Å². The van der Waals surface area contributed by atoms with Crippen LogP contribution in [0.25, 0.3) is 11.3 Å². The van der Waals surface area contributed by atoms with Gasteiger partial charge in [-0.2, -0.15) is 0 Å². The molecule has 1 saturated carbocycles. The molecule has 1 aromatic heterocycles. The Morgan fingerprint density at radius 3 is 2.80 bits per heavy atom. The number of nitrogens with one attached hydrogen (secondary N) is 1. The third-order valence-corrected chi connectivity index (χ3v) is 3.34. The summed E-state index contributed by atoms with van der Waals surface area (Å²) in [5, 5.41) is 12.4. The van der Waals surface area contributed by atoms with Crippen molar-refractivity contribution in [2.24, 2.45) is 5.92 Å². The molecule has 1 heterocycles. The lowest BCUT2D eigenvalue weighted by Gasteiger charge is -2.06. The maximum absolute atomic E-state index is 11.6. The van der Waals surface area contributed by atoms with Crippen molar-refractivity contribution in [3.63, 3.8) is 0 Å². The van der Waals surface area contributed by atoms with E-state index in [2.05, 4.69) is 10.3 Å². The number of amides is 1. The molecule has 3 rings (SSSR count). The van der Waals surface area contributed by atoms with Crippen molar-refractivity contribution in [1.29, 1.82) is 0 Å². The maximum atomic E-state index is 11.6. The average molecular weight is 268 g/mol. The molecule has 4 heteroatoms. The van der Waals surface area contributed by atoms with Gasteiger partial charge in [0.2, 0.25) is 5.91 Å². The number of aromatic hydroxyl groups is 1. The smallest absolute Gasteiger partial charge is 0.223 e. The number of benzene rings is 1. The van der Waals surface area contributed by atoms with Gasteiger partial charge >= 0.3 is 0 Å². The van der Waals surface area contributed by atoms with Crippen LogP contribution in [0.15, 0.2) is 42.5 Å². The lowest BCUT2D eigenvalue weighted by atomic mass is 10.1. The SMILES string of the molecule is O=C(NCc1cccc(-c2cccc(O)c2)n1)C1CC1. The van der Waals surface area contributed by atoms with Gasteiger partial charge < -0.3 is 10.4 Å². The lowest BCUT2D eigenvalue weighted by molar-refractivity contribution is -0.122. The standard InChI is InChI=1S/C16H16N2O2/c19-14-5-1-3-12(9-14)15-6-2-4-13(18-15)10-17-16(20)11-7-8-11/h1-6,9,11,19H,7-8,10H2,(H,17,20). The fourth-order valence-corrected chi connectivity index (χ4v) is 2.07. The van der Waals surface area contributed by atoms with E-state index in [1.165, 1.54) is 0 Å². The third kappa shape index (κ3) is 2.96. The number of carbonyl (C=O) groups is 1. The van der Waals surface area contributed by atoms with Crippen LogP contribution in [-0.2, 0) is 11.3 Å². The van der Waals surface area contributed by atoms with Crippen LogP contribution in [0.2, 0.25) is 0 Å². The molecule has 0 saturated heterocycles. The van der Waals surface area contributed by atoms with Crippen molar-refractivity contribution in [2.75, 3.05) is 0 Å². The van der Waals surface area contributed by atoms with Crippen LogP contribution in [0.3, 0.4) is 0 Å². The number of phenols is 1. The minimum Gasteiger partial charge on any atom is -0.508 e. The molecule has 1 aromatic carbocycles. The van der Waals surface area contributed by atoms with Gasteiger partial charge in [0.25, 0.3) is 0 Å². The van der Waals surface area contributed by atoms with E-state index in [1.54, 1.807) is 18.2 Å². The molecule has 0 spiro atoms. The molecule has 0 aliphatic heterocycles. The highest BCUT2D eigenvalue weighted by atomic mass is 16.3. The van der Waals surface area contributed by atoms with E-state index in [1.807, 2.05) is 24.3 Å². The van der Waals surface area contributed by atoms with Gasteiger partial charge in [0.05, 0.1) is 17.9 Å². The summed E-state index contributed by atoms with van der Waals surface area (Å²) in [6, 6.07) is 12.7. The summed E-state index contributed by atoms with van der Waals surface area (Å²) >= 11 is 0. The third-order valence-electron chi connectivity index (χ3n) is 3.34. The number of hydrogen-bond donors (Lipinski definition) is 2. The summed E-state index contributed by atoms with van der Waals surface area (Å²) in [6.45, 7) is 0.446. The van der Waals surface area contributed by atoms with Gasteiger partial charge in [0.1, 0.15) is 5.75 Å². The van der Waals surface area contributed by atoms with Gasteiger partial charge in [-0.3, -0.25) is 9.78 Å². The molecular formula is C16H16N2O2. The summed E-state index contributed by atoms with van der Waals surface area (Å²) in [5.74, 6) is 0.551. The second kappa shape index (κ2) is 5.33. The van der Waals surface area contributed by atoms with Gasteiger partial charge in [-0.15, -0.1) is 0 Å². The average Bonchev–Trinajstić information content (AvgIpc) is 3.30. The van der Waals surface area contributed by atoms with Gasteiger partial charge in [-0.05, 0) is 37.1 Å². The summed E-state index contributed by atoms with van der Waals surface area (Å²) < 4.78 is 0. The van der Waals surface area contributed by atoms with Crippen molar-refractivity contribution < 1.29 is 9.90 Å². The Hall–Kier alpha value is -2.36. The summed E-state index contributed by atoms with van der Waals surface area (Å²) in [7, 11) is 0. The predicted molar refractivity (Wildman–Crippen MR) is 75.9 cm³/mol. The fraction of sp³-hybridized carbons (Fsp3) is 0.250. The minimum absolute atomic E-state index is 0.120. The Labute approximate surface area is 117 Å². The molecule has 1 aliphatic rings. The van der Waals surface area contributed by atoms with Crippen molar-refractivity contribution in [2.45, 2.75) is 19.4 Å². The molecule has 2 N–H and O–H groups in total. The van der Waals surface area contributed by atoms with Gasteiger partial charge in [0, 0.05) is 11.5 Å². The second-order valence-corrected chi connectivity index (χ2v) is 5.06. The molecule has 4 nitrogen and oxygen atoms in total. The van der Waals surface area contributed by atoms with E-state index in [9.17, 15) is 9.90 Å². The van der Waals surface area contributed by atoms with E-state index in [0.717, 1.165) is 29.8 Å². The van der Waals surface area contributed by atoms with Crippen LogP contribution in [-0.4, -0.2) is 16.0 Å². The molecule has 102 valence electrons. The Balaban J connectivity index is 1.73.